The molecule has 5 heteroatoms. The summed E-state index contributed by atoms with van der Waals surface area (Å²) in [5, 5.41) is 13.9. The Morgan fingerprint density at radius 3 is 1.17 bits per heavy atom. The van der Waals surface area contributed by atoms with Crippen molar-refractivity contribution < 1.29 is 15.0 Å². The van der Waals surface area contributed by atoms with Gasteiger partial charge >= 0.3 is 6.16 Å². The van der Waals surface area contributed by atoms with E-state index in [4.69, 9.17) is 15.0 Å². The van der Waals surface area contributed by atoms with Gasteiger partial charge in [-0.2, -0.15) is 0 Å². The number of rotatable bonds is 0. The van der Waals surface area contributed by atoms with Crippen LogP contribution in [0, 0.1) is 0 Å². The van der Waals surface area contributed by atoms with E-state index in [1.165, 1.54) is 0 Å². The fourth-order valence-corrected chi connectivity index (χ4v) is 0. The van der Waals surface area contributed by atoms with Crippen LogP contribution in [0.1, 0.15) is 0 Å². The molecule has 6 heavy (non-hydrogen) atoms. The Balaban J connectivity index is -0.0000000450. The van der Waals surface area contributed by atoms with Crippen molar-refractivity contribution in [3.63, 3.8) is 0 Å². The maximum absolute atomic E-state index is 8.56. The first-order valence-electron chi connectivity index (χ1n) is 0.651. The van der Waals surface area contributed by atoms with Crippen LogP contribution in [0.3, 0.4) is 0 Å². The van der Waals surface area contributed by atoms with E-state index in [-0.39, 0.29) is 52.4 Å². The van der Waals surface area contributed by atoms with Gasteiger partial charge in [-0.05, 0) is 0 Å². The zero-order valence-electron chi connectivity index (χ0n) is 2.70. The van der Waals surface area contributed by atoms with Gasteiger partial charge < -0.3 is 10.2 Å². The standard InChI is InChI=1S/CH2O3.2Bi/c2-1(3)4;;/h(H2,2,3,4);;. The largest absolute Gasteiger partial charge is 0.503 e. The molecular formula is CH2Bi2O3. The Labute approximate surface area is 73.0 Å². The van der Waals surface area contributed by atoms with Crippen molar-refractivity contribution in [3.8, 4) is 0 Å². The van der Waals surface area contributed by atoms with Crippen LogP contribution in [0.15, 0.2) is 0 Å². The molecule has 0 aliphatic heterocycles. The Hall–Kier alpha value is 1.04. The van der Waals surface area contributed by atoms with Crippen molar-refractivity contribution in [3.05, 3.63) is 0 Å². The summed E-state index contributed by atoms with van der Waals surface area (Å²) < 4.78 is 0. The van der Waals surface area contributed by atoms with E-state index >= 15 is 0 Å². The van der Waals surface area contributed by atoms with Gasteiger partial charge in [0.1, 0.15) is 0 Å². The molecule has 0 rings (SSSR count). The van der Waals surface area contributed by atoms with Gasteiger partial charge in [0.25, 0.3) is 0 Å². The molecule has 0 unspecified atom stereocenters. The molecule has 0 spiro atoms. The smallest absolute Gasteiger partial charge is 0.450 e. The van der Waals surface area contributed by atoms with Gasteiger partial charge in [-0.25, -0.2) is 4.79 Å². The average Bonchev–Trinajstić information content (AvgIpc) is 0.811. The molecule has 0 fully saturated rings. The van der Waals surface area contributed by atoms with E-state index in [2.05, 4.69) is 0 Å². The predicted octanol–water partition coefficient (Wildman–Crippen LogP) is -0.539. The summed E-state index contributed by atoms with van der Waals surface area (Å²) in [7, 11) is 0. The van der Waals surface area contributed by atoms with Crippen molar-refractivity contribution in [1.29, 1.82) is 0 Å². The fourth-order valence-electron chi connectivity index (χ4n) is 0. The van der Waals surface area contributed by atoms with E-state index in [0.29, 0.717) is 0 Å². The quantitative estimate of drug-likeness (QED) is 0.459. The molecule has 0 aromatic heterocycles. The Bertz CT molecular complexity index is 31.8. The van der Waals surface area contributed by atoms with E-state index in [9.17, 15) is 0 Å². The summed E-state index contributed by atoms with van der Waals surface area (Å²) in [6, 6.07) is 0. The van der Waals surface area contributed by atoms with Crippen LogP contribution in [0.2, 0.25) is 0 Å². The van der Waals surface area contributed by atoms with Gasteiger partial charge in [0.15, 0.2) is 0 Å². The van der Waals surface area contributed by atoms with Crippen LogP contribution < -0.4 is 0 Å². The van der Waals surface area contributed by atoms with Crippen molar-refractivity contribution >= 4 is 58.6 Å². The topological polar surface area (TPSA) is 57.5 Å². The van der Waals surface area contributed by atoms with Gasteiger partial charge in [-0.3, -0.25) is 0 Å². The summed E-state index contributed by atoms with van der Waals surface area (Å²) in [6.07, 6.45) is -1.83. The SMILES string of the molecule is O=C(O)O.[Bi].[Bi]. The molecule has 3 nitrogen and oxygen atoms in total. The second-order valence-electron chi connectivity index (χ2n) is 0.283. The molecule has 0 aliphatic carbocycles. The molecule has 0 aliphatic rings. The third-order valence-electron chi connectivity index (χ3n) is 0. The first-order valence-corrected chi connectivity index (χ1v) is 0.651. The first kappa shape index (κ1) is 15.7. The average molecular weight is 480 g/mol. The van der Waals surface area contributed by atoms with Gasteiger partial charge in [0, 0.05) is 52.4 Å². The zero-order valence-corrected chi connectivity index (χ0v) is 9.65. The number of carboxylic acid groups (broad SMARTS) is 2. The van der Waals surface area contributed by atoms with Gasteiger partial charge in [-0.1, -0.05) is 0 Å². The molecule has 0 bridgehead atoms. The Morgan fingerprint density at radius 1 is 1.17 bits per heavy atom. The minimum Gasteiger partial charge on any atom is -0.450 e. The van der Waals surface area contributed by atoms with Gasteiger partial charge in [-0.15, -0.1) is 0 Å². The third-order valence-corrected chi connectivity index (χ3v) is 0. The fraction of sp³-hybridized carbons (Fsp3) is 0. The van der Waals surface area contributed by atoms with E-state index in [1.54, 1.807) is 0 Å². The maximum atomic E-state index is 8.56. The van der Waals surface area contributed by atoms with Crippen LogP contribution in [0.25, 0.3) is 0 Å². The van der Waals surface area contributed by atoms with Crippen LogP contribution in [0.4, 0.5) is 4.79 Å². The van der Waals surface area contributed by atoms with Crippen molar-refractivity contribution in [2.45, 2.75) is 0 Å². The molecule has 0 heterocycles. The summed E-state index contributed by atoms with van der Waals surface area (Å²) in [4.78, 5) is 8.56. The number of carbonyl (C=O) groups is 1. The van der Waals surface area contributed by atoms with Crippen LogP contribution in [0.5, 0.6) is 0 Å². The molecule has 0 amide bonds. The number of hydrogen-bond acceptors (Lipinski definition) is 1. The molecule has 0 saturated carbocycles. The Morgan fingerprint density at radius 2 is 1.17 bits per heavy atom. The van der Waals surface area contributed by atoms with Crippen LogP contribution in [-0.2, 0) is 0 Å². The zero-order chi connectivity index (χ0) is 3.58. The predicted molar refractivity (Wildman–Crippen MR) is 22.2 cm³/mol. The normalized spacial score (nSPS) is 4.00. The molecule has 0 saturated heterocycles. The molecule has 0 aromatic carbocycles. The summed E-state index contributed by atoms with van der Waals surface area (Å²) in [6.45, 7) is 0. The molecule has 34 valence electrons. The first-order chi connectivity index (χ1) is 1.73. The van der Waals surface area contributed by atoms with Gasteiger partial charge in [0.05, 0.1) is 0 Å². The van der Waals surface area contributed by atoms with Crippen LogP contribution >= 0.6 is 0 Å². The maximum Gasteiger partial charge on any atom is 0.503 e. The molecule has 0 atom stereocenters. The second-order valence-corrected chi connectivity index (χ2v) is 0.283. The summed E-state index contributed by atoms with van der Waals surface area (Å²) >= 11 is 0. The third kappa shape index (κ3) is 76.4. The molecular weight excluding hydrogens is 478 g/mol. The van der Waals surface area contributed by atoms with E-state index in [1.807, 2.05) is 0 Å². The van der Waals surface area contributed by atoms with E-state index in [0.717, 1.165) is 0 Å². The molecule has 6 radical (unpaired) electrons. The van der Waals surface area contributed by atoms with Crippen molar-refractivity contribution in [2.24, 2.45) is 0 Å². The Kier molecular flexibility index (Phi) is 24.6. The minimum absolute atomic E-state index is 0. The van der Waals surface area contributed by atoms with Crippen molar-refractivity contribution in [2.75, 3.05) is 0 Å². The molecule has 2 N–H and O–H groups in total. The second kappa shape index (κ2) is 9.40. The summed E-state index contributed by atoms with van der Waals surface area (Å²) in [5.74, 6) is 0. The minimum atomic E-state index is -1.83. The van der Waals surface area contributed by atoms with Crippen LogP contribution in [-0.4, -0.2) is 68.8 Å². The van der Waals surface area contributed by atoms with Gasteiger partial charge in [0.2, 0.25) is 0 Å². The number of hydrogen-bond donors (Lipinski definition) is 2. The van der Waals surface area contributed by atoms with E-state index < -0.39 is 6.16 Å². The molecule has 0 aromatic rings. The van der Waals surface area contributed by atoms with Crippen molar-refractivity contribution in [1.82, 2.24) is 0 Å². The summed E-state index contributed by atoms with van der Waals surface area (Å²) in [5.41, 5.74) is 0. The monoisotopic (exact) mass is 480 g/mol.